The van der Waals surface area contributed by atoms with E-state index in [1.165, 1.54) is 0 Å². The molecular formula is C16H26O4. The predicted molar refractivity (Wildman–Crippen MR) is 74.2 cm³/mol. The Bertz CT molecular complexity index is 396. The maximum atomic E-state index is 12.4. The molecule has 0 bridgehead atoms. The van der Waals surface area contributed by atoms with Crippen LogP contribution < -0.4 is 0 Å². The largest absolute Gasteiger partial charge is 0.465 e. The quantitative estimate of drug-likeness (QED) is 0.638. The molecule has 3 rings (SSSR count). The van der Waals surface area contributed by atoms with Crippen molar-refractivity contribution < 1.29 is 19.4 Å². The van der Waals surface area contributed by atoms with E-state index in [0.29, 0.717) is 25.2 Å². The molecule has 2 aliphatic carbocycles. The second-order valence-corrected chi connectivity index (χ2v) is 7.65. The summed E-state index contributed by atoms with van der Waals surface area (Å²) in [5.74, 6) is -0.128. The summed E-state index contributed by atoms with van der Waals surface area (Å²) in [6, 6.07) is 0. The van der Waals surface area contributed by atoms with Gasteiger partial charge in [-0.25, -0.2) is 0 Å². The lowest BCUT2D eigenvalue weighted by Crippen LogP contribution is -2.39. The van der Waals surface area contributed by atoms with Gasteiger partial charge in [0, 0.05) is 5.41 Å². The first-order valence-corrected chi connectivity index (χ1v) is 7.91. The van der Waals surface area contributed by atoms with Crippen molar-refractivity contribution in [3.8, 4) is 0 Å². The average Bonchev–Trinajstić information content (AvgIpc) is 3.13. The van der Waals surface area contributed by atoms with Crippen molar-refractivity contribution in [2.24, 2.45) is 10.8 Å². The minimum Gasteiger partial charge on any atom is -0.465 e. The third kappa shape index (κ3) is 2.86. The second-order valence-electron chi connectivity index (χ2n) is 7.65. The van der Waals surface area contributed by atoms with Gasteiger partial charge in [-0.3, -0.25) is 4.79 Å². The Morgan fingerprint density at radius 2 is 2.05 bits per heavy atom. The van der Waals surface area contributed by atoms with Crippen LogP contribution in [0.1, 0.15) is 58.8 Å². The first kappa shape index (κ1) is 14.3. The Balaban J connectivity index is 1.53. The fourth-order valence-corrected chi connectivity index (χ4v) is 3.87. The van der Waals surface area contributed by atoms with Crippen molar-refractivity contribution >= 4 is 5.97 Å². The summed E-state index contributed by atoms with van der Waals surface area (Å²) in [6.45, 7) is 4.61. The molecule has 0 aromatic rings. The highest BCUT2D eigenvalue weighted by Gasteiger charge is 2.49. The molecule has 0 amide bonds. The van der Waals surface area contributed by atoms with Crippen LogP contribution in [-0.4, -0.2) is 36.0 Å². The number of hydrogen-bond donors (Lipinski definition) is 1. The van der Waals surface area contributed by atoms with E-state index in [9.17, 15) is 9.90 Å². The highest BCUT2D eigenvalue weighted by Crippen LogP contribution is 2.46. The summed E-state index contributed by atoms with van der Waals surface area (Å²) in [5.41, 5.74) is -0.432. The molecule has 5 unspecified atom stereocenters. The topological polar surface area (TPSA) is 59.1 Å². The molecule has 0 spiro atoms. The van der Waals surface area contributed by atoms with Gasteiger partial charge in [0.2, 0.25) is 0 Å². The first-order valence-electron chi connectivity index (χ1n) is 7.91. The molecule has 20 heavy (non-hydrogen) atoms. The van der Waals surface area contributed by atoms with E-state index in [-0.39, 0.29) is 17.5 Å². The highest BCUT2D eigenvalue weighted by molar-refractivity contribution is 5.76. The number of aliphatic hydroxyl groups is 1. The molecule has 1 saturated heterocycles. The Hall–Kier alpha value is -0.610. The van der Waals surface area contributed by atoms with E-state index in [4.69, 9.17) is 9.47 Å². The number of epoxide rings is 1. The van der Waals surface area contributed by atoms with Crippen LogP contribution in [0.2, 0.25) is 0 Å². The first-order chi connectivity index (χ1) is 9.40. The average molecular weight is 282 g/mol. The van der Waals surface area contributed by atoms with E-state index >= 15 is 0 Å². The number of carbonyl (C=O) groups is 1. The summed E-state index contributed by atoms with van der Waals surface area (Å²) in [6.07, 6.45) is 6.77. The minimum absolute atomic E-state index is 0.0664. The van der Waals surface area contributed by atoms with Gasteiger partial charge in [0.25, 0.3) is 0 Å². The van der Waals surface area contributed by atoms with Crippen LogP contribution in [-0.2, 0) is 14.3 Å². The van der Waals surface area contributed by atoms with Crippen molar-refractivity contribution in [3.63, 3.8) is 0 Å². The van der Waals surface area contributed by atoms with Gasteiger partial charge in [0.1, 0.15) is 0 Å². The van der Waals surface area contributed by atoms with Crippen LogP contribution in [0.4, 0.5) is 0 Å². The van der Waals surface area contributed by atoms with Crippen LogP contribution in [0.5, 0.6) is 0 Å². The molecule has 2 saturated carbocycles. The van der Waals surface area contributed by atoms with Crippen molar-refractivity contribution in [1.82, 2.24) is 0 Å². The van der Waals surface area contributed by atoms with Gasteiger partial charge in [-0.2, -0.15) is 0 Å². The Kier molecular flexibility index (Phi) is 3.57. The van der Waals surface area contributed by atoms with Gasteiger partial charge >= 0.3 is 5.97 Å². The lowest BCUT2D eigenvalue weighted by molar-refractivity contribution is -0.163. The van der Waals surface area contributed by atoms with Crippen molar-refractivity contribution in [1.29, 1.82) is 0 Å². The summed E-state index contributed by atoms with van der Waals surface area (Å²) >= 11 is 0. The molecule has 0 radical (unpaired) electrons. The van der Waals surface area contributed by atoms with Gasteiger partial charge in [-0.1, -0.05) is 6.92 Å². The maximum Gasteiger partial charge on any atom is 0.311 e. The summed E-state index contributed by atoms with van der Waals surface area (Å²) < 4.78 is 11.2. The summed E-state index contributed by atoms with van der Waals surface area (Å²) in [5, 5.41) is 9.78. The molecule has 1 aliphatic heterocycles. The SMILES string of the molecule is CC1(COC(=O)C2(C)CCCC(O)C2)CCC2OC2C1. The van der Waals surface area contributed by atoms with Gasteiger partial charge in [-0.15, -0.1) is 0 Å². The number of ether oxygens (including phenoxy) is 2. The fourth-order valence-electron chi connectivity index (χ4n) is 3.87. The lowest BCUT2D eigenvalue weighted by atomic mass is 9.74. The zero-order chi connectivity index (χ0) is 14.4. The molecule has 1 N–H and O–H groups in total. The predicted octanol–water partition coefficient (Wildman–Crippen LogP) is 2.43. The van der Waals surface area contributed by atoms with E-state index < -0.39 is 5.41 Å². The van der Waals surface area contributed by atoms with Crippen molar-refractivity contribution in [2.45, 2.75) is 77.1 Å². The minimum atomic E-state index is -0.499. The number of carbonyl (C=O) groups excluding carboxylic acids is 1. The van der Waals surface area contributed by atoms with Crippen LogP contribution >= 0.6 is 0 Å². The molecule has 1 heterocycles. The Morgan fingerprint density at radius 1 is 1.25 bits per heavy atom. The van der Waals surface area contributed by atoms with Gasteiger partial charge < -0.3 is 14.6 Å². The van der Waals surface area contributed by atoms with E-state index in [0.717, 1.165) is 38.5 Å². The number of aliphatic hydroxyl groups excluding tert-OH is 1. The zero-order valence-corrected chi connectivity index (χ0v) is 12.6. The highest BCUT2D eigenvalue weighted by atomic mass is 16.6. The molecule has 0 aromatic carbocycles. The van der Waals surface area contributed by atoms with E-state index in [2.05, 4.69) is 6.92 Å². The second kappa shape index (κ2) is 4.99. The zero-order valence-electron chi connectivity index (χ0n) is 12.6. The van der Waals surface area contributed by atoms with Gasteiger partial charge in [-0.05, 0) is 51.9 Å². The van der Waals surface area contributed by atoms with Crippen LogP contribution in [0.3, 0.4) is 0 Å². The van der Waals surface area contributed by atoms with E-state index in [1.807, 2.05) is 6.92 Å². The number of esters is 1. The summed E-state index contributed by atoms with van der Waals surface area (Å²) in [7, 11) is 0. The Morgan fingerprint density at radius 3 is 2.75 bits per heavy atom. The van der Waals surface area contributed by atoms with Crippen molar-refractivity contribution in [2.75, 3.05) is 6.61 Å². The maximum absolute atomic E-state index is 12.4. The van der Waals surface area contributed by atoms with Crippen molar-refractivity contribution in [3.05, 3.63) is 0 Å². The summed E-state index contributed by atoms with van der Waals surface area (Å²) in [4.78, 5) is 12.4. The molecular weight excluding hydrogens is 256 g/mol. The van der Waals surface area contributed by atoms with Crippen LogP contribution in [0.15, 0.2) is 0 Å². The molecule has 4 nitrogen and oxygen atoms in total. The molecule has 4 heteroatoms. The Labute approximate surface area is 120 Å². The molecule has 0 aromatic heterocycles. The fraction of sp³-hybridized carbons (Fsp3) is 0.938. The number of fused-ring (bicyclic) bond motifs is 1. The lowest BCUT2D eigenvalue weighted by Gasteiger charge is -2.36. The monoisotopic (exact) mass is 282 g/mol. The van der Waals surface area contributed by atoms with E-state index in [1.54, 1.807) is 0 Å². The molecule has 3 aliphatic rings. The van der Waals surface area contributed by atoms with Crippen LogP contribution in [0.25, 0.3) is 0 Å². The third-order valence-electron chi connectivity index (χ3n) is 5.41. The standard InChI is InChI=1S/C16H26O4/c1-15(7-5-12-13(9-15)20-12)10-19-14(18)16(2)6-3-4-11(17)8-16/h11-13,17H,3-10H2,1-2H3. The van der Waals surface area contributed by atoms with Gasteiger partial charge in [0.05, 0.1) is 30.3 Å². The molecule has 114 valence electrons. The normalized spacial score (nSPS) is 47.5. The smallest absolute Gasteiger partial charge is 0.311 e. The van der Waals surface area contributed by atoms with Crippen LogP contribution in [0, 0.1) is 10.8 Å². The number of rotatable bonds is 3. The molecule has 5 atom stereocenters. The van der Waals surface area contributed by atoms with Gasteiger partial charge in [0.15, 0.2) is 0 Å². The molecule has 3 fully saturated rings. The number of hydrogen-bond acceptors (Lipinski definition) is 4. The third-order valence-corrected chi connectivity index (χ3v) is 5.41.